The molecule has 0 radical (unpaired) electrons. The maximum Gasteiger partial charge on any atom is 0.243 e. The van der Waals surface area contributed by atoms with Gasteiger partial charge in [0.2, 0.25) is 15.9 Å². The molecule has 0 N–H and O–H groups in total. The lowest BCUT2D eigenvalue weighted by molar-refractivity contribution is -0.118. The first-order valence-electron chi connectivity index (χ1n) is 8.16. The number of nitrogens with zero attached hydrogens (tertiary/aromatic N) is 2. The Balaban J connectivity index is 2.27. The number of aryl methyl sites for hydroxylation is 2. The van der Waals surface area contributed by atoms with Gasteiger partial charge >= 0.3 is 0 Å². The van der Waals surface area contributed by atoms with Gasteiger partial charge in [-0.2, -0.15) is 4.31 Å². The van der Waals surface area contributed by atoms with Gasteiger partial charge in [-0.05, 0) is 43.2 Å². The van der Waals surface area contributed by atoms with Gasteiger partial charge in [-0.15, -0.1) is 0 Å². The molecule has 0 aliphatic carbocycles. The highest BCUT2D eigenvalue weighted by molar-refractivity contribution is 7.89. The second kappa shape index (κ2) is 7.80. The number of hydrogen-bond acceptors (Lipinski definition) is 3. The Morgan fingerprint density at radius 1 is 1.04 bits per heavy atom. The highest BCUT2D eigenvalue weighted by atomic mass is 32.2. The van der Waals surface area contributed by atoms with E-state index >= 15 is 0 Å². The number of sulfonamides is 1. The zero-order valence-corrected chi connectivity index (χ0v) is 15.9. The first-order chi connectivity index (χ1) is 11.8. The molecular weight excluding hydrogens is 336 g/mol. The molecule has 0 aliphatic rings. The molecule has 2 rings (SSSR count). The molecule has 6 heteroatoms. The average molecular weight is 360 g/mol. The summed E-state index contributed by atoms with van der Waals surface area (Å²) >= 11 is 0. The van der Waals surface area contributed by atoms with Crippen molar-refractivity contribution in [2.75, 3.05) is 25.0 Å². The van der Waals surface area contributed by atoms with Crippen molar-refractivity contribution in [3.8, 4) is 0 Å². The lowest BCUT2D eigenvalue weighted by Crippen LogP contribution is -2.41. The Kier molecular flexibility index (Phi) is 5.98. The third-order valence-electron chi connectivity index (χ3n) is 4.14. The lowest BCUT2D eigenvalue weighted by Gasteiger charge is -2.24. The molecule has 0 spiro atoms. The van der Waals surface area contributed by atoms with Crippen LogP contribution in [0.3, 0.4) is 0 Å². The quantitative estimate of drug-likeness (QED) is 0.796. The Labute approximate surface area is 149 Å². The van der Waals surface area contributed by atoms with Crippen molar-refractivity contribution < 1.29 is 13.2 Å². The molecule has 0 bridgehead atoms. The number of rotatable bonds is 6. The number of anilines is 1. The third-order valence-corrected chi connectivity index (χ3v) is 6.21. The maximum atomic E-state index is 13.0. The predicted octanol–water partition coefficient (Wildman–Crippen LogP) is 2.98. The van der Waals surface area contributed by atoms with E-state index in [1.165, 1.54) is 9.21 Å². The summed E-state index contributed by atoms with van der Waals surface area (Å²) in [5.74, 6) is -0.276. The molecule has 2 aromatic carbocycles. The summed E-state index contributed by atoms with van der Waals surface area (Å²) in [4.78, 5) is 14.3. The van der Waals surface area contributed by atoms with Crippen LogP contribution < -0.4 is 4.90 Å². The van der Waals surface area contributed by atoms with Crippen molar-refractivity contribution in [3.63, 3.8) is 0 Å². The van der Waals surface area contributed by atoms with Crippen molar-refractivity contribution in [3.05, 3.63) is 59.7 Å². The van der Waals surface area contributed by atoms with E-state index in [1.807, 2.05) is 43.3 Å². The van der Waals surface area contributed by atoms with Gasteiger partial charge in [-0.25, -0.2) is 8.42 Å². The van der Waals surface area contributed by atoms with Gasteiger partial charge < -0.3 is 4.90 Å². The average Bonchev–Trinajstić information content (AvgIpc) is 2.61. The summed E-state index contributed by atoms with van der Waals surface area (Å²) < 4.78 is 27.2. The van der Waals surface area contributed by atoms with Gasteiger partial charge in [0.25, 0.3) is 0 Å². The van der Waals surface area contributed by atoms with Crippen LogP contribution in [0.2, 0.25) is 0 Å². The highest BCUT2D eigenvalue weighted by Gasteiger charge is 2.28. The molecule has 0 heterocycles. The summed E-state index contributed by atoms with van der Waals surface area (Å²) in [6, 6.07) is 14.5. The summed E-state index contributed by atoms with van der Waals surface area (Å²) in [6.07, 6.45) is 0. The van der Waals surface area contributed by atoms with Crippen LogP contribution in [-0.2, 0) is 14.8 Å². The number of amides is 1. The summed E-state index contributed by atoms with van der Waals surface area (Å²) in [7, 11) is -2.08. The van der Waals surface area contributed by atoms with Crippen molar-refractivity contribution in [1.29, 1.82) is 0 Å². The minimum Gasteiger partial charge on any atom is -0.314 e. The van der Waals surface area contributed by atoms with Crippen LogP contribution in [0.4, 0.5) is 5.69 Å². The van der Waals surface area contributed by atoms with Crippen molar-refractivity contribution >= 4 is 21.6 Å². The molecule has 0 saturated heterocycles. The van der Waals surface area contributed by atoms with Crippen molar-refractivity contribution in [1.82, 2.24) is 4.31 Å². The molecule has 0 saturated carbocycles. The Morgan fingerprint density at radius 3 is 2.28 bits per heavy atom. The molecule has 5 nitrogen and oxygen atoms in total. The number of likely N-dealkylation sites (N-methyl/N-ethyl adjacent to an activating group) is 2. The second-order valence-electron chi connectivity index (χ2n) is 5.99. The van der Waals surface area contributed by atoms with Gasteiger partial charge in [-0.1, -0.05) is 37.3 Å². The SMILES string of the molecule is CCN(CC(=O)N(C)c1ccccc1)S(=O)(=O)c1cc(C)ccc1C. The van der Waals surface area contributed by atoms with E-state index in [1.54, 1.807) is 33.0 Å². The first-order valence-corrected chi connectivity index (χ1v) is 9.60. The molecule has 0 unspecified atom stereocenters. The molecule has 0 aliphatic heterocycles. The Morgan fingerprint density at radius 2 is 1.68 bits per heavy atom. The number of carbonyl (C=O) groups excluding carboxylic acids is 1. The Bertz CT molecular complexity index is 848. The molecule has 134 valence electrons. The lowest BCUT2D eigenvalue weighted by atomic mass is 10.2. The Hall–Kier alpha value is -2.18. The van der Waals surface area contributed by atoms with Crippen LogP contribution in [0.5, 0.6) is 0 Å². The predicted molar refractivity (Wildman–Crippen MR) is 100 cm³/mol. The van der Waals surface area contributed by atoms with Gasteiger partial charge in [0.05, 0.1) is 11.4 Å². The molecule has 0 atom stereocenters. The summed E-state index contributed by atoms with van der Waals surface area (Å²) in [6.45, 7) is 5.38. The smallest absolute Gasteiger partial charge is 0.243 e. The van der Waals surface area contributed by atoms with Crippen LogP contribution in [0.15, 0.2) is 53.4 Å². The second-order valence-corrected chi connectivity index (χ2v) is 7.89. The van der Waals surface area contributed by atoms with E-state index < -0.39 is 10.0 Å². The number of hydrogen-bond donors (Lipinski definition) is 0. The monoisotopic (exact) mass is 360 g/mol. The minimum absolute atomic E-state index is 0.197. The van der Waals surface area contributed by atoms with Gasteiger partial charge in [0.1, 0.15) is 0 Å². The summed E-state index contributed by atoms with van der Waals surface area (Å²) in [5.41, 5.74) is 2.27. The van der Waals surface area contributed by atoms with Gasteiger partial charge in [0.15, 0.2) is 0 Å². The van der Waals surface area contributed by atoms with E-state index in [4.69, 9.17) is 0 Å². The van der Waals surface area contributed by atoms with Crippen molar-refractivity contribution in [2.45, 2.75) is 25.7 Å². The highest BCUT2D eigenvalue weighted by Crippen LogP contribution is 2.21. The number of carbonyl (C=O) groups is 1. The molecule has 0 fully saturated rings. The third kappa shape index (κ3) is 4.27. The van der Waals surface area contributed by atoms with E-state index in [9.17, 15) is 13.2 Å². The standard InChI is InChI=1S/C19H24N2O3S/c1-5-21(14-19(22)20(4)17-9-7-6-8-10-17)25(23,24)18-13-15(2)11-12-16(18)3/h6-13H,5,14H2,1-4H3. The molecule has 2 aromatic rings. The van der Waals surface area contributed by atoms with E-state index in [0.717, 1.165) is 11.3 Å². The summed E-state index contributed by atoms with van der Waals surface area (Å²) in [5, 5.41) is 0. The fourth-order valence-electron chi connectivity index (χ4n) is 2.54. The van der Waals surface area contributed by atoms with E-state index in [0.29, 0.717) is 5.56 Å². The number of para-hydroxylation sites is 1. The van der Waals surface area contributed by atoms with Crippen LogP contribution in [0, 0.1) is 13.8 Å². The molecule has 0 aromatic heterocycles. The van der Waals surface area contributed by atoms with Gasteiger partial charge in [0, 0.05) is 19.3 Å². The maximum absolute atomic E-state index is 13.0. The van der Waals surface area contributed by atoms with Gasteiger partial charge in [-0.3, -0.25) is 4.79 Å². The topological polar surface area (TPSA) is 57.7 Å². The fourth-order valence-corrected chi connectivity index (χ4v) is 4.25. The molecular formula is C19H24N2O3S. The first kappa shape index (κ1) is 19.1. The normalized spacial score (nSPS) is 11.6. The fraction of sp³-hybridized carbons (Fsp3) is 0.316. The van der Waals surface area contributed by atoms with Crippen LogP contribution >= 0.6 is 0 Å². The van der Waals surface area contributed by atoms with Crippen LogP contribution in [-0.4, -0.2) is 38.8 Å². The van der Waals surface area contributed by atoms with E-state index in [-0.39, 0.29) is 23.9 Å². The van der Waals surface area contributed by atoms with Crippen molar-refractivity contribution in [2.24, 2.45) is 0 Å². The largest absolute Gasteiger partial charge is 0.314 e. The van der Waals surface area contributed by atoms with Crippen LogP contribution in [0.1, 0.15) is 18.1 Å². The number of benzene rings is 2. The zero-order chi connectivity index (χ0) is 18.6. The van der Waals surface area contributed by atoms with Crippen LogP contribution in [0.25, 0.3) is 0 Å². The minimum atomic E-state index is -3.73. The molecule has 1 amide bonds. The van der Waals surface area contributed by atoms with E-state index in [2.05, 4.69) is 0 Å². The molecule has 25 heavy (non-hydrogen) atoms. The zero-order valence-electron chi connectivity index (χ0n) is 15.1.